The highest BCUT2D eigenvalue weighted by molar-refractivity contribution is 5.48. The standard InChI is InChI=1S/C16H16N2O2/c1-2-19-14-4-3-5-15(9-14)20-16-7-6-12(10-17)8-13(16)11-18/h3-9H,2,10,17H2,1H3. The molecule has 0 aliphatic heterocycles. The second kappa shape index (κ2) is 6.60. The monoisotopic (exact) mass is 268 g/mol. The minimum Gasteiger partial charge on any atom is -0.494 e. The summed E-state index contributed by atoms with van der Waals surface area (Å²) >= 11 is 0. The molecule has 0 radical (unpaired) electrons. The topological polar surface area (TPSA) is 68.3 Å². The van der Waals surface area contributed by atoms with E-state index in [1.54, 1.807) is 18.2 Å². The van der Waals surface area contributed by atoms with Crippen molar-refractivity contribution < 1.29 is 9.47 Å². The lowest BCUT2D eigenvalue weighted by atomic mass is 10.1. The van der Waals surface area contributed by atoms with E-state index in [1.165, 1.54) is 0 Å². The van der Waals surface area contributed by atoms with Gasteiger partial charge in [0.25, 0.3) is 0 Å². The van der Waals surface area contributed by atoms with Crippen LogP contribution in [0.4, 0.5) is 0 Å². The Kier molecular flexibility index (Phi) is 4.59. The Morgan fingerprint density at radius 1 is 1.15 bits per heavy atom. The van der Waals surface area contributed by atoms with Gasteiger partial charge in [0.1, 0.15) is 23.3 Å². The van der Waals surface area contributed by atoms with Crippen molar-refractivity contribution in [2.45, 2.75) is 13.5 Å². The summed E-state index contributed by atoms with van der Waals surface area (Å²) in [5.74, 6) is 1.88. The maximum Gasteiger partial charge on any atom is 0.145 e. The van der Waals surface area contributed by atoms with Crippen LogP contribution in [0.5, 0.6) is 17.2 Å². The van der Waals surface area contributed by atoms with Gasteiger partial charge in [-0.05, 0) is 36.8 Å². The summed E-state index contributed by atoms with van der Waals surface area (Å²) in [5, 5.41) is 9.16. The van der Waals surface area contributed by atoms with Gasteiger partial charge in [-0.3, -0.25) is 0 Å². The Labute approximate surface area is 118 Å². The van der Waals surface area contributed by atoms with Crippen molar-refractivity contribution in [3.63, 3.8) is 0 Å². The zero-order chi connectivity index (χ0) is 14.4. The molecule has 0 saturated heterocycles. The lowest BCUT2D eigenvalue weighted by Crippen LogP contribution is -1.98. The summed E-state index contributed by atoms with van der Waals surface area (Å²) in [6.07, 6.45) is 0. The van der Waals surface area contributed by atoms with Gasteiger partial charge < -0.3 is 15.2 Å². The summed E-state index contributed by atoms with van der Waals surface area (Å²) in [6, 6.07) is 14.8. The molecule has 2 rings (SSSR count). The highest BCUT2D eigenvalue weighted by atomic mass is 16.5. The molecule has 0 spiro atoms. The van der Waals surface area contributed by atoms with Gasteiger partial charge in [-0.15, -0.1) is 0 Å². The average Bonchev–Trinajstić information content (AvgIpc) is 2.48. The van der Waals surface area contributed by atoms with E-state index >= 15 is 0 Å². The zero-order valence-electron chi connectivity index (χ0n) is 11.3. The van der Waals surface area contributed by atoms with Crippen LogP contribution in [0, 0.1) is 11.3 Å². The molecule has 4 heteroatoms. The third-order valence-corrected chi connectivity index (χ3v) is 2.74. The van der Waals surface area contributed by atoms with Gasteiger partial charge in [0.15, 0.2) is 0 Å². The largest absolute Gasteiger partial charge is 0.494 e. The molecular weight excluding hydrogens is 252 g/mol. The first-order valence-corrected chi connectivity index (χ1v) is 6.40. The van der Waals surface area contributed by atoms with Crippen molar-refractivity contribution in [3.05, 3.63) is 53.6 Å². The van der Waals surface area contributed by atoms with Crippen molar-refractivity contribution in [2.75, 3.05) is 6.61 Å². The summed E-state index contributed by atoms with van der Waals surface area (Å²) in [4.78, 5) is 0. The van der Waals surface area contributed by atoms with Crippen molar-refractivity contribution in [1.29, 1.82) is 5.26 Å². The molecule has 0 aliphatic carbocycles. The van der Waals surface area contributed by atoms with Gasteiger partial charge in [-0.25, -0.2) is 0 Å². The summed E-state index contributed by atoms with van der Waals surface area (Å²) in [7, 11) is 0. The molecule has 0 heterocycles. The lowest BCUT2D eigenvalue weighted by Gasteiger charge is -2.10. The van der Waals surface area contributed by atoms with Gasteiger partial charge in [0.2, 0.25) is 0 Å². The second-order valence-electron chi connectivity index (χ2n) is 4.16. The summed E-state index contributed by atoms with van der Waals surface area (Å²) in [5.41, 5.74) is 6.93. The quantitative estimate of drug-likeness (QED) is 0.904. The van der Waals surface area contributed by atoms with Crippen LogP contribution in [0.25, 0.3) is 0 Å². The Hall–Kier alpha value is -2.51. The fourth-order valence-corrected chi connectivity index (χ4v) is 1.80. The molecule has 0 saturated carbocycles. The molecule has 0 amide bonds. The SMILES string of the molecule is CCOc1cccc(Oc2ccc(CN)cc2C#N)c1. The molecule has 2 aromatic carbocycles. The first-order chi connectivity index (χ1) is 9.76. The van der Waals surface area contributed by atoms with E-state index in [0.717, 1.165) is 11.3 Å². The lowest BCUT2D eigenvalue weighted by molar-refractivity contribution is 0.338. The molecule has 2 aromatic rings. The molecule has 0 fully saturated rings. The smallest absolute Gasteiger partial charge is 0.145 e. The van der Waals surface area contributed by atoms with E-state index in [2.05, 4.69) is 6.07 Å². The first-order valence-electron chi connectivity index (χ1n) is 6.40. The fourth-order valence-electron chi connectivity index (χ4n) is 1.80. The average molecular weight is 268 g/mol. The van der Waals surface area contributed by atoms with Crippen LogP contribution < -0.4 is 15.2 Å². The number of rotatable bonds is 5. The number of nitrogens with zero attached hydrogens (tertiary/aromatic N) is 1. The van der Waals surface area contributed by atoms with Crippen LogP contribution in [0.2, 0.25) is 0 Å². The summed E-state index contributed by atoms with van der Waals surface area (Å²) < 4.78 is 11.2. The van der Waals surface area contributed by atoms with Crippen LogP contribution >= 0.6 is 0 Å². The van der Waals surface area contributed by atoms with E-state index in [4.69, 9.17) is 20.5 Å². The normalized spacial score (nSPS) is 9.85. The van der Waals surface area contributed by atoms with Crippen LogP contribution in [-0.2, 0) is 6.54 Å². The molecule has 0 aliphatic rings. The zero-order valence-corrected chi connectivity index (χ0v) is 11.3. The minimum absolute atomic E-state index is 0.398. The number of nitriles is 1. The molecule has 20 heavy (non-hydrogen) atoms. The minimum atomic E-state index is 0.398. The number of hydrogen-bond donors (Lipinski definition) is 1. The van der Waals surface area contributed by atoms with Crippen molar-refractivity contribution >= 4 is 0 Å². The molecule has 0 unspecified atom stereocenters. The van der Waals surface area contributed by atoms with Gasteiger partial charge in [0.05, 0.1) is 12.2 Å². The molecule has 4 nitrogen and oxygen atoms in total. The predicted octanol–water partition coefficient (Wildman–Crippen LogP) is 3.21. The highest BCUT2D eigenvalue weighted by Crippen LogP contribution is 2.28. The maximum atomic E-state index is 9.16. The van der Waals surface area contributed by atoms with Crippen molar-refractivity contribution in [1.82, 2.24) is 0 Å². The Morgan fingerprint density at radius 3 is 2.65 bits per heavy atom. The third kappa shape index (κ3) is 3.28. The van der Waals surface area contributed by atoms with Crippen LogP contribution in [0.3, 0.4) is 0 Å². The Morgan fingerprint density at radius 2 is 1.95 bits per heavy atom. The van der Waals surface area contributed by atoms with Crippen LogP contribution in [0.15, 0.2) is 42.5 Å². The second-order valence-corrected chi connectivity index (χ2v) is 4.16. The molecule has 102 valence electrons. The van der Waals surface area contributed by atoms with Crippen LogP contribution in [0.1, 0.15) is 18.1 Å². The predicted molar refractivity (Wildman–Crippen MR) is 76.7 cm³/mol. The molecule has 0 aromatic heterocycles. The Bertz CT molecular complexity index is 633. The number of benzene rings is 2. The van der Waals surface area contributed by atoms with Crippen LogP contribution in [-0.4, -0.2) is 6.61 Å². The van der Waals surface area contributed by atoms with E-state index in [9.17, 15) is 0 Å². The third-order valence-electron chi connectivity index (χ3n) is 2.74. The van der Waals surface area contributed by atoms with E-state index in [0.29, 0.717) is 30.2 Å². The van der Waals surface area contributed by atoms with Crippen molar-refractivity contribution in [3.8, 4) is 23.3 Å². The fraction of sp³-hybridized carbons (Fsp3) is 0.188. The van der Waals surface area contributed by atoms with Crippen molar-refractivity contribution in [2.24, 2.45) is 5.73 Å². The number of nitrogens with two attached hydrogens (primary N) is 1. The molecular formula is C16H16N2O2. The van der Waals surface area contributed by atoms with Gasteiger partial charge in [-0.2, -0.15) is 5.26 Å². The van der Waals surface area contributed by atoms with E-state index < -0.39 is 0 Å². The number of hydrogen-bond acceptors (Lipinski definition) is 4. The van der Waals surface area contributed by atoms with Gasteiger partial charge in [-0.1, -0.05) is 12.1 Å². The maximum absolute atomic E-state index is 9.16. The van der Waals surface area contributed by atoms with Gasteiger partial charge >= 0.3 is 0 Å². The first kappa shape index (κ1) is 13.9. The molecule has 2 N–H and O–H groups in total. The van der Waals surface area contributed by atoms with E-state index in [1.807, 2.05) is 31.2 Å². The number of ether oxygens (including phenoxy) is 2. The van der Waals surface area contributed by atoms with Gasteiger partial charge in [0, 0.05) is 12.6 Å². The highest BCUT2D eigenvalue weighted by Gasteiger charge is 2.06. The molecule has 0 bridgehead atoms. The Balaban J connectivity index is 2.25. The molecule has 0 atom stereocenters. The summed E-state index contributed by atoms with van der Waals surface area (Å²) in [6.45, 7) is 2.92. The van der Waals surface area contributed by atoms with E-state index in [-0.39, 0.29) is 0 Å².